The standard InChI is InChI=1S/C10H10N2O3S/c1-5-3-7-6(2)11-10(12-9(7)15-5)16-4-8(13)14/h3H,4H2,1-2H3,(H,13,14). The SMILES string of the molecule is Cc1cc2c(C)nc(SCC(=O)O)nc2o1. The Morgan fingerprint density at radius 1 is 1.50 bits per heavy atom. The summed E-state index contributed by atoms with van der Waals surface area (Å²) in [5.74, 6) is -0.167. The maximum absolute atomic E-state index is 10.4. The van der Waals surface area contributed by atoms with Crippen LogP contribution in [0, 0.1) is 13.8 Å². The van der Waals surface area contributed by atoms with Crippen molar-refractivity contribution in [2.24, 2.45) is 0 Å². The molecule has 0 fully saturated rings. The van der Waals surface area contributed by atoms with E-state index in [-0.39, 0.29) is 5.75 Å². The second kappa shape index (κ2) is 4.13. The third-order valence-corrected chi connectivity index (χ3v) is 2.84. The Hall–Kier alpha value is -1.56. The van der Waals surface area contributed by atoms with Gasteiger partial charge in [0.1, 0.15) is 5.76 Å². The zero-order chi connectivity index (χ0) is 11.7. The number of rotatable bonds is 3. The Kier molecular flexibility index (Phi) is 2.82. The maximum Gasteiger partial charge on any atom is 0.313 e. The highest BCUT2D eigenvalue weighted by Crippen LogP contribution is 2.23. The summed E-state index contributed by atoms with van der Waals surface area (Å²) in [6.07, 6.45) is 0. The molecule has 0 aliphatic heterocycles. The van der Waals surface area contributed by atoms with Crippen molar-refractivity contribution in [1.82, 2.24) is 9.97 Å². The number of aryl methyl sites for hydroxylation is 2. The molecular formula is C10H10N2O3S. The molecule has 0 unspecified atom stereocenters. The highest BCUT2D eigenvalue weighted by molar-refractivity contribution is 7.99. The fourth-order valence-corrected chi connectivity index (χ4v) is 1.95. The molecule has 0 radical (unpaired) electrons. The molecule has 0 aliphatic carbocycles. The van der Waals surface area contributed by atoms with Gasteiger partial charge in [-0.1, -0.05) is 11.8 Å². The summed E-state index contributed by atoms with van der Waals surface area (Å²) in [5, 5.41) is 9.87. The average molecular weight is 238 g/mol. The van der Waals surface area contributed by atoms with Gasteiger partial charge in [0.15, 0.2) is 5.16 Å². The summed E-state index contributed by atoms with van der Waals surface area (Å²) in [6.45, 7) is 3.69. The van der Waals surface area contributed by atoms with Gasteiger partial charge in [-0.25, -0.2) is 4.98 Å². The van der Waals surface area contributed by atoms with Crippen LogP contribution in [0.3, 0.4) is 0 Å². The molecule has 1 N–H and O–H groups in total. The van der Waals surface area contributed by atoms with Crippen LogP contribution in [0.5, 0.6) is 0 Å². The second-order valence-electron chi connectivity index (χ2n) is 3.35. The van der Waals surface area contributed by atoms with E-state index in [1.165, 1.54) is 0 Å². The molecule has 16 heavy (non-hydrogen) atoms. The average Bonchev–Trinajstić information content (AvgIpc) is 2.56. The zero-order valence-electron chi connectivity index (χ0n) is 8.85. The van der Waals surface area contributed by atoms with Gasteiger partial charge in [0, 0.05) is 0 Å². The monoisotopic (exact) mass is 238 g/mol. The molecule has 0 aromatic carbocycles. The van der Waals surface area contributed by atoms with Crippen molar-refractivity contribution in [2.75, 3.05) is 5.75 Å². The normalized spacial score (nSPS) is 10.9. The van der Waals surface area contributed by atoms with Gasteiger partial charge in [0.2, 0.25) is 5.71 Å². The van der Waals surface area contributed by atoms with Gasteiger partial charge in [-0.15, -0.1) is 0 Å². The Morgan fingerprint density at radius 2 is 2.25 bits per heavy atom. The number of carboxylic acids is 1. The fourth-order valence-electron chi connectivity index (χ4n) is 1.35. The number of carbonyl (C=O) groups is 1. The van der Waals surface area contributed by atoms with Crippen molar-refractivity contribution < 1.29 is 14.3 Å². The number of carboxylic acid groups (broad SMARTS) is 1. The molecule has 2 aromatic rings. The Bertz CT molecular complexity index is 550. The molecule has 0 bridgehead atoms. The Labute approximate surface area is 95.9 Å². The summed E-state index contributed by atoms with van der Waals surface area (Å²) in [6, 6.07) is 1.87. The van der Waals surface area contributed by atoms with Crippen LogP contribution < -0.4 is 0 Å². The van der Waals surface area contributed by atoms with E-state index in [9.17, 15) is 4.79 Å². The van der Waals surface area contributed by atoms with Crippen LogP contribution in [0.4, 0.5) is 0 Å². The highest BCUT2D eigenvalue weighted by Gasteiger charge is 2.10. The number of hydrogen-bond donors (Lipinski definition) is 1. The molecule has 2 rings (SSSR count). The molecule has 0 amide bonds. The lowest BCUT2D eigenvalue weighted by atomic mass is 10.3. The molecule has 5 nitrogen and oxygen atoms in total. The van der Waals surface area contributed by atoms with Gasteiger partial charge in [-0.3, -0.25) is 4.79 Å². The Balaban J connectivity index is 2.37. The molecule has 84 valence electrons. The smallest absolute Gasteiger partial charge is 0.313 e. The molecule has 0 saturated heterocycles. The summed E-state index contributed by atoms with van der Waals surface area (Å²) >= 11 is 1.09. The lowest BCUT2D eigenvalue weighted by Crippen LogP contribution is -1.99. The van der Waals surface area contributed by atoms with Crippen molar-refractivity contribution in [3.63, 3.8) is 0 Å². The van der Waals surface area contributed by atoms with Crippen molar-refractivity contribution in [3.8, 4) is 0 Å². The summed E-state index contributed by atoms with van der Waals surface area (Å²) in [5.41, 5.74) is 1.31. The van der Waals surface area contributed by atoms with E-state index >= 15 is 0 Å². The third-order valence-electron chi connectivity index (χ3n) is 2.01. The fraction of sp³-hybridized carbons (Fsp3) is 0.300. The third kappa shape index (κ3) is 2.16. The van der Waals surface area contributed by atoms with E-state index in [0.717, 1.165) is 28.6 Å². The van der Waals surface area contributed by atoms with Gasteiger partial charge < -0.3 is 9.52 Å². The first-order chi connectivity index (χ1) is 7.56. The number of aromatic nitrogens is 2. The summed E-state index contributed by atoms with van der Waals surface area (Å²) in [7, 11) is 0. The molecule has 2 aromatic heterocycles. The van der Waals surface area contributed by atoms with Crippen LogP contribution in [0.25, 0.3) is 11.1 Å². The van der Waals surface area contributed by atoms with Crippen molar-refractivity contribution in [2.45, 2.75) is 19.0 Å². The van der Waals surface area contributed by atoms with Gasteiger partial charge in [-0.05, 0) is 19.9 Å². The predicted octanol–water partition coefficient (Wildman–Crippen LogP) is 2.02. The molecule has 6 heteroatoms. The van der Waals surface area contributed by atoms with Gasteiger partial charge >= 0.3 is 5.97 Å². The predicted molar refractivity (Wildman–Crippen MR) is 59.6 cm³/mol. The number of furan rings is 1. The zero-order valence-corrected chi connectivity index (χ0v) is 9.67. The van der Waals surface area contributed by atoms with E-state index in [4.69, 9.17) is 9.52 Å². The second-order valence-corrected chi connectivity index (χ2v) is 4.29. The largest absolute Gasteiger partial charge is 0.481 e. The first-order valence-electron chi connectivity index (χ1n) is 4.65. The minimum Gasteiger partial charge on any atom is -0.481 e. The van der Waals surface area contributed by atoms with Crippen LogP contribution in [0.15, 0.2) is 15.6 Å². The summed E-state index contributed by atoms with van der Waals surface area (Å²) < 4.78 is 5.38. The Morgan fingerprint density at radius 3 is 2.94 bits per heavy atom. The van der Waals surface area contributed by atoms with Gasteiger partial charge in [0.25, 0.3) is 0 Å². The van der Waals surface area contributed by atoms with Gasteiger partial charge in [-0.2, -0.15) is 4.98 Å². The van der Waals surface area contributed by atoms with Gasteiger partial charge in [0.05, 0.1) is 16.8 Å². The van der Waals surface area contributed by atoms with Crippen LogP contribution in [0.1, 0.15) is 11.5 Å². The van der Waals surface area contributed by atoms with E-state index in [0.29, 0.717) is 10.9 Å². The topological polar surface area (TPSA) is 76.2 Å². The molecule has 0 atom stereocenters. The quantitative estimate of drug-likeness (QED) is 0.651. The number of hydrogen-bond acceptors (Lipinski definition) is 5. The number of thioether (sulfide) groups is 1. The van der Waals surface area contributed by atoms with E-state index in [1.807, 2.05) is 19.9 Å². The van der Waals surface area contributed by atoms with Crippen molar-refractivity contribution >= 4 is 28.8 Å². The van der Waals surface area contributed by atoms with E-state index in [1.54, 1.807) is 0 Å². The lowest BCUT2D eigenvalue weighted by Gasteiger charge is -1.99. The first-order valence-corrected chi connectivity index (χ1v) is 5.64. The highest BCUT2D eigenvalue weighted by atomic mass is 32.2. The van der Waals surface area contributed by atoms with Crippen LogP contribution in [-0.4, -0.2) is 26.8 Å². The van der Waals surface area contributed by atoms with E-state index in [2.05, 4.69) is 9.97 Å². The number of fused-ring (bicyclic) bond motifs is 1. The van der Waals surface area contributed by atoms with Crippen LogP contribution in [0.2, 0.25) is 0 Å². The molecule has 0 saturated carbocycles. The molecule has 2 heterocycles. The minimum atomic E-state index is -0.887. The minimum absolute atomic E-state index is 0.0510. The van der Waals surface area contributed by atoms with Crippen molar-refractivity contribution in [1.29, 1.82) is 0 Å². The van der Waals surface area contributed by atoms with Crippen molar-refractivity contribution in [3.05, 3.63) is 17.5 Å². The molecular weight excluding hydrogens is 228 g/mol. The number of aliphatic carboxylic acids is 1. The maximum atomic E-state index is 10.4. The first kappa shape index (κ1) is 10.9. The lowest BCUT2D eigenvalue weighted by molar-refractivity contribution is -0.133. The van der Waals surface area contributed by atoms with Crippen LogP contribution >= 0.6 is 11.8 Å². The van der Waals surface area contributed by atoms with E-state index < -0.39 is 5.97 Å². The summed E-state index contributed by atoms with van der Waals surface area (Å²) in [4.78, 5) is 18.8. The molecule has 0 spiro atoms. The molecule has 0 aliphatic rings. The van der Waals surface area contributed by atoms with Crippen LogP contribution in [-0.2, 0) is 4.79 Å². The number of nitrogens with zero attached hydrogens (tertiary/aromatic N) is 2.